The van der Waals surface area contributed by atoms with Crippen LogP contribution in [0.15, 0.2) is 36.5 Å². The van der Waals surface area contributed by atoms with Crippen LogP contribution in [0.3, 0.4) is 0 Å². The number of ether oxygens (including phenoxy) is 1. The molecule has 0 amide bonds. The van der Waals surface area contributed by atoms with Crippen LogP contribution in [0.25, 0.3) is 0 Å². The number of rotatable bonds is 6. The maximum Gasteiger partial charge on any atom is 0.225 e. The van der Waals surface area contributed by atoms with E-state index in [1.54, 1.807) is 42.4 Å². The molecule has 0 spiro atoms. The molecule has 1 fully saturated rings. The second kappa shape index (κ2) is 6.44. The minimum absolute atomic E-state index is 0.372. The summed E-state index contributed by atoms with van der Waals surface area (Å²) in [6.45, 7) is 2.49. The smallest absolute Gasteiger partial charge is 0.225 e. The Morgan fingerprint density at radius 1 is 1.39 bits per heavy atom. The molecule has 6 heteroatoms. The van der Waals surface area contributed by atoms with Crippen LogP contribution in [-0.4, -0.2) is 16.6 Å². The summed E-state index contributed by atoms with van der Waals surface area (Å²) < 4.78 is 5.77. The largest absolute Gasteiger partial charge is 0.439 e. The minimum atomic E-state index is -0.659. The molecule has 23 heavy (non-hydrogen) atoms. The summed E-state index contributed by atoms with van der Waals surface area (Å²) in [7, 11) is 0. The third-order valence-corrected chi connectivity index (χ3v) is 3.93. The van der Waals surface area contributed by atoms with Crippen molar-refractivity contribution >= 4 is 11.4 Å². The van der Waals surface area contributed by atoms with Gasteiger partial charge in [0, 0.05) is 24.4 Å². The van der Waals surface area contributed by atoms with Gasteiger partial charge in [0.1, 0.15) is 5.75 Å². The van der Waals surface area contributed by atoms with Gasteiger partial charge in [-0.05, 0) is 49.9 Å². The van der Waals surface area contributed by atoms with Gasteiger partial charge in [0.2, 0.25) is 5.88 Å². The van der Waals surface area contributed by atoms with Crippen LogP contribution in [0.4, 0.5) is 11.4 Å². The number of aliphatic hydroxyl groups is 1. The lowest BCUT2D eigenvalue weighted by atomic mass is 10.2. The molecule has 0 aliphatic heterocycles. The highest BCUT2D eigenvalue weighted by Gasteiger charge is 2.24. The van der Waals surface area contributed by atoms with Crippen molar-refractivity contribution in [3.05, 3.63) is 42.1 Å². The SMILES string of the molecule is CC(O)c1cccnc1Oc1ccc(N(N)CC2CC2)c(N)c1. The van der Waals surface area contributed by atoms with Crippen molar-refractivity contribution in [3.8, 4) is 11.6 Å². The maximum absolute atomic E-state index is 9.78. The van der Waals surface area contributed by atoms with Crippen molar-refractivity contribution in [1.29, 1.82) is 0 Å². The van der Waals surface area contributed by atoms with Crippen LogP contribution >= 0.6 is 0 Å². The van der Waals surface area contributed by atoms with E-state index in [-0.39, 0.29) is 0 Å². The van der Waals surface area contributed by atoms with Crippen molar-refractivity contribution in [2.75, 3.05) is 17.3 Å². The second-order valence-electron chi connectivity index (χ2n) is 5.99. The highest BCUT2D eigenvalue weighted by Crippen LogP contribution is 2.34. The topological polar surface area (TPSA) is 97.6 Å². The summed E-state index contributed by atoms with van der Waals surface area (Å²) in [5.74, 6) is 7.68. The number of aliphatic hydroxyl groups excluding tert-OH is 1. The molecule has 1 aliphatic carbocycles. The first-order valence-corrected chi connectivity index (χ1v) is 7.77. The van der Waals surface area contributed by atoms with E-state index in [0.717, 1.165) is 12.2 Å². The van der Waals surface area contributed by atoms with Gasteiger partial charge in [-0.1, -0.05) is 0 Å². The number of hydrogen-bond acceptors (Lipinski definition) is 6. The molecule has 0 bridgehead atoms. The Bertz CT molecular complexity index is 686. The zero-order valence-corrected chi connectivity index (χ0v) is 13.1. The molecule has 5 N–H and O–H groups in total. The molecule has 6 nitrogen and oxygen atoms in total. The zero-order chi connectivity index (χ0) is 16.4. The number of anilines is 2. The van der Waals surface area contributed by atoms with Gasteiger partial charge in [-0.2, -0.15) is 0 Å². The molecule has 1 heterocycles. The summed E-state index contributed by atoms with van der Waals surface area (Å²) in [5, 5.41) is 11.5. The van der Waals surface area contributed by atoms with Crippen molar-refractivity contribution in [3.63, 3.8) is 0 Å². The van der Waals surface area contributed by atoms with E-state index < -0.39 is 6.10 Å². The van der Waals surface area contributed by atoms with E-state index in [4.69, 9.17) is 16.3 Å². The van der Waals surface area contributed by atoms with E-state index in [9.17, 15) is 5.11 Å². The summed E-state index contributed by atoms with van der Waals surface area (Å²) in [6.07, 6.45) is 3.43. The minimum Gasteiger partial charge on any atom is -0.439 e. The van der Waals surface area contributed by atoms with Gasteiger partial charge in [0.25, 0.3) is 0 Å². The van der Waals surface area contributed by atoms with Crippen LogP contribution in [0.1, 0.15) is 31.4 Å². The number of hydrogen-bond donors (Lipinski definition) is 3. The Hall–Kier alpha value is -2.31. The number of benzene rings is 1. The number of pyridine rings is 1. The normalized spacial score (nSPS) is 15.3. The Kier molecular flexibility index (Phi) is 4.36. The van der Waals surface area contributed by atoms with Crippen LogP contribution in [0.2, 0.25) is 0 Å². The number of nitrogens with two attached hydrogens (primary N) is 2. The van der Waals surface area contributed by atoms with Gasteiger partial charge in [0.15, 0.2) is 0 Å². The van der Waals surface area contributed by atoms with Gasteiger partial charge < -0.3 is 20.6 Å². The molecule has 3 rings (SSSR count). The van der Waals surface area contributed by atoms with Gasteiger partial charge in [-0.3, -0.25) is 0 Å². The molecule has 1 atom stereocenters. The van der Waals surface area contributed by atoms with Crippen LogP contribution in [-0.2, 0) is 0 Å². The van der Waals surface area contributed by atoms with Crippen LogP contribution < -0.4 is 21.3 Å². The van der Waals surface area contributed by atoms with Crippen molar-refractivity contribution in [1.82, 2.24) is 4.98 Å². The number of hydrazine groups is 1. The predicted octanol–water partition coefficient (Wildman–Crippen LogP) is 2.60. The Morgan fingerprint density at radius 3 is 2.83 bits per heavy atom. The molecular weight excluding hydrogens is 292 g/mol. The standard InChI is InChI=1S/C17H22N4O2/c1-11(22)14-3-2-8-20-17(14)23-13-6-7-16(15(18)9-13)21(19)10-12-4-5-12/h2-3,6-9,11-12,22H,4-5,10,18-19H2,1H3. The number of nitrogen functional groups attached to an aromatic ring is 1. The Labute approximate surface area is 135 Å². The molecule has 1 aliphatic rings. The third kappa shape index (κ3) is 3.72. The molecule has 1 unspecified atom stereocenters. The maximum atomic E-state index is 9.78. The van der Waals surface area contributed by atoms with E-state index in [2.05, 4.69) is 4.98 Å². The summed E-state index contributed by atoms with van der Waals surface area (Å²) in [4.78, 5) is 4.17. The van der Waals surface area contributed by atoms with Crippen molar-refractivity contribution < 1.29 is 9.84 Å². The molecular formula is C17H22N4O2. The monoisotopic (exact) mass is 314 g/mol. The number of aromatic nitrogens is 1. The van der Waals surface area contributed by atoms with Gasteiger partial charge in [0.05, 0.1) is 17.5 Å². The van der Waals surface area contributed by atoms with E-state index in [1.807, 2.05) is 6.07 Å². The highest BCUT2D eigenvalue weighted by atomic mass is 16.5. The second-order valence-corrected chi connectivity index (χ2v) is 5.99. The summed E-state index contributed by atoms with van der Waals surface area (Å²) in [6, 6.07) is 8.91. The van der Waals surface area contributed by atoms with E-state index >= 15 is 0 Å². The van der Waals surface area contributed by atoms with Crippen LogP contribution in [0.5, 0.6) is 11.6 Å². The van der Waals surface area contributed by atoms with E-state index in [0.29, 0.717) is 28.8 Å². The molecule has 122 valence electrons. The van der Waals surface area contributed by atoms with Gasteiger partial charge in [-0.15, -0.1) is 0 Å². The van der Waals surface area contributed by atoms with Gasteiger partial charge >= 0.3 is 0 Å². The molecule has 0 saturated heterocycles. The summed E-state index contributed by atoms with van der Waals surface area (Å²) >= 11 is 0. The number of nitrogens with zero attached hydrogens (tertiary/aromatic N) is 2. The fraction of sp³-hybridized carbons (Fsp3) is 0.353. The quantitative estimate of drug-likeness (QED) is 0.431. The zero-order valence-electron chi connectivity index (χ0n) is 13.1. The van der Waals surface area contributed by atoms with Crippen LogP contribution in [0, 0.1) is 5.92 Å². The van der Waals surface area contributed by atoms with Gasteiger partial charge in [-0.25, -0.2) is 10.8 Å². The summed E-state index contributed by atoms with van der Waals surface area (Å²) in [5.41, 5.74) is 8.08. The fourth-order valence-electron chi connectivity index (χ4n) is 2.45. The first-order valence-electron chi connectivity index (χ1n) is 7.77. The highest BCUT2D eigenvalue weighted by molar-refractivity contribution is 5.69. The fourth-order valence-corrected chi connectivity index (χ4v) is 2.45. The lowest BCUT2D eigenvalue weighted by molar-refractivity contribution is 0.194. The molecule has 1 aromatic carbocycles. The average molecular weight is 314 g/mol. The molecule has 1 saturated carbocycles. The Morgan fingerprint density at radius 2 is 2.17 bits per heavy atom. The average Bonchev–Trinajstić information content (AvgIpc) is 3.31. The third-order valence-electron chi connectivity index (χ3n) is 3.93. The predicted molar refractivity (Wildman–Crippen MR) is 90.1 cm³/mol. The Balaban J connectivity index is 1.78. The van der Waals surface area contributed by atoms with Crippen molar-refractivity contribution in [2.24, 2.45) is 11.8 Å². The lowest BCUT2D eigenvalue weighted by Crippen LogP contribution is -2.33. The first-order chi connectivity index (χ1) is 11.0. The molecule has 2 aromatic rings. The lowest BCUT2D eigenvalue weighted by Gasteiger charge is -2.21. The van der Waals surface area contributed by atoms with Crippen molar-refractivity contribution in [2.45, 2.75) is 25.9 Å². The molecule has 1 aromatic heterocycles. The van der Waals surface area contributed by atoms with E-state index in [1.165, 1.54) is 12.8 Å². The molecule has 0 radical (unpaired) electrons. The first kappa shape index (κ1) is 15.6.